The first-order chi connectivity index (χ1) is 7.74. The number of hydrogen-bond donors (Lipinski definition) is 1. The van der Waals surface area contributed by atoms with Gasteiger partial charge in [-0.15, -0.1) is 0 Å². The lowest BCUT2D eigenvalue weighted by molar-refractivity contribution is 0.593. The van der Waals surface area contributed by atoms with Crippen molar-refractivity contribution in [2.45, 2.75) is 13.0 Å². The van der Waals surface area contributed by atoms with Crippen molar-refractivity contribution in [1.82, 2.24) is 14.9 Å². The molecule has 0 saturated heterocycles. The van der Waals surface area contributed by atoms with Crippen molar-refractivity contribution in [3.05, 3.63) is 39.0 Å². The highest BCUT2D eigenvalue weighted by molar-refractivity contribution is 9.10. The van der Waals surface area contributed by atoms with Crippen LogP contribution in [0.1, 0.15) is 24.2 Å². The van der Waals surface area contributed by atoms with E-state index in [9.17, 15) is 0 Å². The van der Waals surface area contributed by atoms with Crippen molar-refractivity contribution >= 4 is 27.3 Å². The summed E-state index contributed by atoms with van der Waals surface area (Å²) in [7, 11) is 2.02. The Kier molecular flexibility index (Phi) is 3.78. The van der Waals surface area contributed by atoms with Crippen LogP contribution < -0.4 is 5.32 Å². The van der Waals surface area contributed by atoms with Crippen molar-refractivity contribution in [3.8, 4) is 0 Å². The van der Waals surface area contributed by atoms with Crippen LogP contribution in [0.4, 0.5) is 0 Å². The molecule has 1 atom stereocenters. The van der Waals surface area contributed by atoms with E-state index in [0.29, 0.717) is 0 Å². The zero-order valence-corrected chi connectivity index (χ0v) is 11.7. The van der Waals surface area contributed by atoms with Gasteiger partial charge in [-0.05, 0) is 33.4 Å². The average Bonchev–Trinajstić information content (AvgIpc) is 2.84. The minimum Gasteiger partial charge on any atom is -0.336 e. The number of thiophene rings is 1. The summed E-state index contributed by atoms with van der Waals surface area (Å²) < 4.78 is 3.21. The minimum absolute atomic E-state index is 0.207. The monoisotopic (exact) mass is 299 g/mol. The number of rotatable bonds is 4. The van der Waals surface area contributed by atoms with E-state index < -0.39 is 0 Å². The lowest BCUT2D eigenvalue weighted by Crippen LogP contribution is -2.23. The summed E-state index contributed by atoms with van der Waals surface area (Å²) in [4.78, 5) is 4.18. The lowest BCUT2D eigenvalue weighted by Gasteiger charge is -2.18. The Morgan fingerprint density at radius 2 is 2.38 bits per heavy atom. The fourth-order valence-corrected chi connectivity index (χ4v) is 3.27. The molecule has 16 heavy (non-hydrogen) atoms. The Hall–Kier alpha value is -0.650. The fourth-order valence-electron chi connectivity index (χ4n) is 1.72. The van der Waals surface area contributed by atoms with Gasteiger partial charge < -0.3 is 9.88 Å². The molecular formula is C11H14BrN3S. The predicted molar refractivity (Wildman–Crippen MR) is 70.7 cm³/mol. The number of halogens is 1. The van der Waals surface area contributed by atoms with Crippen molar-refractivity contribution in [2.24, 2.45) is 7.05 Å². The summed E-state index contributed by atoms with van der Waals surface area (Å²) in [6.45, 7) is 3.04. The normalized spacial score (nSPS) is 12.9. The molecule has 0 aromatic carbocycles. The molecule has 2 aromatic rings. The van der Waals surface area contributed by atoms with Gasteiger partial charge in [0.2, 0.25) is 0 Å². The number of nitrogens with zero attached hydrogens (tertiary/aromatic N) is 2. The van der Waals surface area contributed by atoms with Gasteiger partial charge in [0, 0.05) is 16.9 Å². The highest BCUT2D eigenvalue weighted by Crippen LogP contribution is 2.31. The number of nitrogens with one attached hydrogen (secondary N) is 1. The summed E-state index contributed by atoms with van der Waals surface area (Å²) >= 11 is 5.29. The second-order valence-corrected chi connectivity index (χ2v) is 5.19. The van der Waals surface area contributed by atoms with Crippen LogP contribution in [0.25, 0.3) is 0 Å². The third kappa shape index (κ3) is 2.21. The maximum atomic E-state index is 4.18. The van der Waals surface area contributed by atoms with Crippen LogP contribution >= 0.6 is 27.3 Å². The summed E-state index contributed by atoms with van der Waals surface area (Å²) in [5.74, 6) is 0. The largest absolute Gasteiger partial charge is 0.336 e. The molecule has 3 nitrogen and oxygen atoms in total. The summed E-state index contributed by atoms with van der Waals surface area (Å²) in [6, 6.07) is 0.207. The van der Waals surface area contributed by atoms with E-state index in [1.54, 1.807) is 11.3 Å². The quantitative estimate of drug-likeness (QED) is 0.941. The molecule has 0 fully saturated rings. The zero-order valence-electron chi connectivity index (χ0n) is 9.27. The van der Waals surface area contributed by atoms with Crippen molar-refractivity contribution in [2.75, 3.05) is 6.54 Å². The Labute approximate surface area is 108 Å². The smallest absolute Gasteiger partial charge is 0.0946 e. The second kappa shape index (κ2) is 5.12. The van der Waals surface area contributed by atoms with E-state index in [4.69, 9.17) is 0 Å². The first kappa shape index (κ1) is 11.8. The molecule has 0 saturated carbocycles. The molecule has 0 spiro atoms. The van der Waals surface area contributed by atoms with Crippen LogP contribution in [0.15, 0.2) is 27.8 Å². The molecule has 5 heteroatoms. The molecule has 0 radical (unpaired) electrons. The number of aromatic nitrogens is 2. The second-order valence-electron chi connectivity index (χ2n) is 3.60. The third-order valence-corrected chi connectivity index (χ3v) is 4.26. The Morgan fingerprint density at radius 3 is 2.88 bits per heavy atom. The minimum atomic E-state index is 0.207. The van der Waals surface area contributed by atoms with Crippen molar-refractivity contribution < 1.29 is 0 Å². The average molecular weight is 300 g/mol. The van der Waals surface area contributed by atoms with Gasteiger partial charge in [0.25, 0.3) is 0 Å². The molecule has 0 aliphatic rings. The van der Waals surface area contributed by atoms with E-state index in [1.165, 1.54) is 11.3 Å². The van der Waals surface area contributed by atoms with Gasteiger partial charge in [-0.2, -0.15) is 11.3 Å². The van der Waals surface area contributed by atoms with E-state index in [2.05, 4.69) is 48.5 Å². The maximum absolute atomic E-state index is 4.18. The number of hydrogen-bond acceptors (Lipinski definition) is 3. The lowest BCUT2D eigenvalue weighted by atomic mass is 10.1. The van der Waals surface area contributed by atoms with E-state index in [0.717, 1.165) is 11.0 Å². The maximum Gasteiger partial charge on any atom is 0.0946 e. The van der Waals surface area contributed by atoms with E-state index >= 15 is 0 Å². The van der Waals surface area contributed by atoms with Gasteiger partial charge in [-0.3, -0.25) is 0 Å². The van der Waals surface area contributed by atoms with E-state index in [-0.39, 0.29) is 6.04 Å². The number of imidazole rings is 1. The standard InChI is InChI=1S/C11H14BrN3S/c1-3-14-11(8-5-16-6-9(8)12)10-4-13-7-15(10)2/h4-7,11,14H,3H2,1-2H3. The topological polar surface area (TPSA) is 29.9 Å². The van der Waals surface area contributed by atoms with Gasteiger partial charge in [0.1, 0.15) is 0 Å². The molecule has 2 aromatic heterocycles. The highest BCUT2D eigenvalue weighted by Gasteiger charge is 2.19. The zero-order chi connectivity index (χ0) is 11.5. The van der Waals surface area contributed by atoms with Crippen LogP contribution in [-0.2, 0) is 7.05 Å². The van der Waals surface area contributed by atoms with Crippen molar-refractivity contribution in [1.29, 1.82) is 0 Å². The SMILES string of the molecule is CCNC(c1cscc1Br)c1cncn1C. The molecular weight excluding hydrogens is 286 g/mol. The molecule has 2 rings (SSSR count). The summed E-state index contributed by atoms with van der Waals surface area (Å²) in [5, 5.41) is 7.76. The molecule has 86 valence electrons. The first-order valence-corrected chi connectivity index (χ1v) is 6.88. The van der Waals surface area contributed by atoms with Crippen LogP contribution in [-0.4, -0.2) is 16.1 Å². The predicted octanol–water partition coefficient (Wildman–Crippen LogP) is 2.94. The summed E-state index contributed by atoms with van der Waals surface area (Å²) in [5.41, 5.74) is 2.46. The fraction of sp³-hybridized carbons (Fsp3) is 0.364. The van der Waals surface area contributed by atoms with Crippen LogP contribution in [0.3, 0.4) is 0 Å². The highest BCUT2D eigenvalue weighted by atomic mass is 79.9. The molecule has 0 aliphatic heterocycles. The van der Waals surface area contributed by atoms with Crippen LogP contribution in [0.5, 0.6) is 0 Å². The number of aryl methyl sites for hydroxylation is 1. The molecule has 1 unspecified atom stereocenters. The Morgan fingerprint density at radius 1 is 1.56 bits per heavy atom. The molecule has 2 heterocycles. The van der Waals surface area contributed by atoms with Gasteiger partial charge in [-0.1, -0.05) is 6.92 Å². The summed E-state index contributed by atoms with van der Waals surface area (Å²) in [6.07, 6.45) is 3.75. The van der Waals surface area contributed by atoms with Crippen LogP contribution in [0.2, 0.25) is 0 Å². The van der Waals surface area contributed by atoms with Gasteiger partial charge >= 0.3 is 0 Å². The van der Waals surface area contributed by atoms with Crippen LogP contribution in [0, 0.1) is 0 Å². The van der Waals surface area contributed by atoms with Gasteiger partial charge in [0.05, 0.1) is 24.3 Å². The third-order valence-electron chi connectivity index (χ3n) is 2.51. The van der Waals surface area contributed by atoms with E-state index in [1.807, 2.05) is 19.6 Å². The molecule has 0 aliphatic carbocycles. The van der Waals surface area contributed by atoms with Gasteiger partial charge in [-0.25, -0.2) is 4.98 Å². The Balaban J connectivity index is 2.39. The Bertz CT molecular complexity index is 423. The first-order valence-electron chi connectivity index (χ1n) is 5.15. The van der Waals surface area contributed by atoms with Gasteiger partial charge in [0.15, 0.2) is 0 Å². The molecule has 1 N–H and O–H groups in total. The molecule has 0 bridgehead atoms. The van der Waals surface area contributed by atoms with Crippen molar-refractivity contribution in [3.63, 3.8) is 0 Å². The molecule has 0 amide bonds.